The molecule has 84 valence electrons. The third kappa shape index (κ3) is 3.18. The van der Waals surface area contributed by atoms with Gasteiger partial charge in [-0.2, -0.15) is 0 Å². The van der Waals surface area contributed by atoms with Crippen molar-refractivity contribution in [2.75, 3.05) is 13.7 Å². The van der Waals surface area contributed by atoms with Gasteiger partial charge in [-0.3, -0.25) is 0 Å². The smallest absolute Gasteiger partial charge is 0.179 e. The Bertz CT molecular complexity index is 327. The lowest BCUT2D eigenvalue weighted by Gasteiger charge is -2.12. The Morgan fingerprint density at radius 3 is 2.60 bits per heavy atom. The predicted octanol–water partition coefficient (Wildman–Crippen LogP) is 3.88. The molecule has 1 aromatic carbocycles. The second-order valence-corrected chi connectivity index (χ2v) is 3.77. The molecule has 0 aromatic heterocycles. The van der Waals surface area contributed by atoms with E-state index in [1.54, 1.807) is 13.2 Å². The molecular formula is C11H14Cl2O2. The highest BCUT2D eigenvalue weighted by Crippen LogP contribution is 2.36. The Hall–Kier alpha value is -0.600. The average Bonchev–Trinajstić information content (AvgIpc) is 2.26. The summed E-state index contributed by atoms with van der Waals surface area (Å²) in [6, 6.07) is 3.63. The molecule has 0 saturated carbocycles. The lowest BCUT2D eigenvalue weighted by molar-refractivity contribution is 0.294. The zero-order valence-electron chi connectivity index (χ0n) is 8.85. The Morgan fingerprint density at radius 2 is 2.07 bits per heavy atom. The first-order valence-corrected chi connectivity index (χ1v) is 5.69. The van der Waals surface area contributed by atoms with Crippen LogP contribution in [0.1, 0.15) is 18.9 Å². The molecule has 0 fully saturated rings. The molecule has 0 amide bonds. The van der Waals surface area contributed by atoms with Crippen molar-refractivity contribution >= 4 is 23.2 Å². The predicted molar refractivity (Wildman–Crippen MR) is 63.3 cm³/mol. The fourth-order valence-corrected chi connectivity index (χ4v) is 1.64. The highest BCUT2D eigenvalue weighted by atomic mass is 35.5. The highest BCUT2D eigenvalue weighted by Gasteiger charge is 2.11. The summed E-state index contributed by atoms with van der Waals surface area (Å²) in [5, 5.41) is 0.540. The van der Waals surface area contributed by atoms with Crippen LogP contribution in [0.25, 0.3) is 0 Å². The second kappa shape index (κ2) is 6.09. The van der Waals surface area contributed by atoms with Crippen LogP contribution in [0.4, 0.5) is 0 Å². The maximum absolute atomic E-state index is 6.06. The molecule has 0 aliphatic heterocycles. The summed E-state index contributed by atoms with van der Waals surface area (Å²) in [5.41, 5.74) is 0.919. The quantitative estimate of drug-likeness (QED) is 0.737. The first kappa shape index (κ1) is 12.5. The molecule has 0 spiro atoms. The van der Waals surface area contributed by atoms with Crippen LogP contribution >= 0.6 is 23.2 Å². The van der Waals surface area contributed by atoms with E-state index in [2.05, 4.69) is 0 Å². The van der Waals surface area contributed by atoms with Crippen molar-refractivity contribution in [3.63, 3.8) is 0 Å². The summed E-state index contributed by atoms with van der Waals surface area (Å²) in [7, 11) is 1.59. The molecule has 2 nitrogen and oxygen atoms in total. The van der Waals surface area contributed by atoms with Crippen molar-refractivity contribution in [2.24, 2.45) is 0 Å². The third-order valence-electron chi connectivity index (χ3n) is 1.89. The first-order valence-electron chi connectivity index (χ1n) is 4.78. The van der Waals surface area contributed by atoms with Crippen LogP contribution in [-0.2, 0) is 5.88 Å². The zero-order valence-corrected chi connectivity index (χ0v) is 10.4. The fraction of sp³-hybridized carbons (Fsp3) is 0.455. The van der Waals surface area contributed by atoms with E-state index < -0.39 is 0 Å². The molecule has 1 aromatic rings. The number of ether oxygens (including phenoxy) is 2. The molecule has 0 unspecified atom stereocenters. The highest BCUT2D eigenvalue weighted by molar-refractivity contribution is 6.32. The standard InChI is InChI=1S/C11H14Cl2O2/c1-3-4-15-11-9(13)5-8(7-12)6-10(11)14-2/h5-6H,3-4,7H2,1-2H3. The Morgan fingerprint density at radius 1 is 1.33 bits per heavy atom. The van der Waals surface area contributed by atoms with Crippen LogP contribution in [0.15, 0.2) is 12.1 Å². The SMILES string of the molecule is CCCOc1c(Cl)cc(CCl)cc1OC. The molecule has 0 aliphatic carbocycles. The maximum atomic E-state index is 6.06. The van der Waals surface area contributed by atoms with Gasteiger partial charge in [0.1, 0.15) is 0 Å². The number of hydrogen-bond acceptors (Lipinski definition) is 2. The number of hydrogen-bond donors (Lipinski definition) is 0. The molecular weight excluding hydrogens is 235 g/mol. The van der Waals surface area contributed by atoms with Gasteiger partial charge >= 0.3 is 0 Å². The molecule has 0 heterocycles. The summed E-state index contributed by atoms with van der Waals surface area (Å²) in [6.45, 7) is 2.66. The normalized spacial score (nSPS) is 10.1. The summed E-state index contributed by atoms with van der Waals surface area (Å²) in [5.74, 6) is 1.63. The second-order valence-electron chi connectivity index (χ2n) is 3.09. The van der Waals surface area contributed by atoms with E-state index in [0.29, 0.717) is 29.0 Å². The van der Waals surface area contributed by atoms with Crippen LogP contribution in [0, 0.1) is 0 Å². The van der Waals surface area contributed by atoms with Crippen LogP contribution < -0.4 is 9.47 Å². The molecule has 0 radical (unpaired) electrons. The van der Waals surface area contributed by atoms with E-state index >= 15 is 0 Å². The Balaban J connectivity index is 3.01. The van der Waals surface area contributed by atoms with Gasteiger partial charge in [0, 0.05) is 5.88 Å². The van der Waals surface area contributed by atoms with Gasteiger partial charge in [-0.25, -0.2) is 0 Å². The van der Waals surface area contributed by atoms with Crippen molar-refractivity contribution < 1.29 is 9.47 Å². The minimum atomic E-state index is 0.407. The van der Waals surface area contributed by atoms with Crippen LogP contribution in [0.3, 0.4) is 0 Å². The minimum absolute atomic E-state index is 0.407. The third-order valence-corrected chi connectivity index (χ3v) is 2.48. The molecule has 4 heteroatoms. The topological polar surface area (TPSA) is 18.5 Å². The van der Waals surface area contributed by atoms with Crippen molar-refractivity contribution in [1.82, 2.24) is 0 Å². The molecule has 0 bridgehead atoms. The summed E-state index contributed by atoms with van der Waals surface area (Å²) in [6.07, 6.45) is 0.927. The molecule has 1 rings (SSSR count). The van der Waals surface area contributed by atoms with Crippen molar-refractivity contribution in [3.8, 4) is 11.5 Å². The Labute approximate surface area is 100 Å². The molecule has 0 aliphatic rings. The van der Waals surface area contributed by atoms with Gasteiger partial charge in [0.15, 0.2) is 11.5 Å². The summed E-state index contributed by atoms with van der Waals surface area (Å²) in [4.78, 5) is 0. The number of alkyl halides is 1. The molecule has 15 heavy (non-hydrogen) atoms. The van der Waals surface area contributed by atoms with Gasteiger partial charge in [-0.05, 0) is 24.1 Å². The van der Waals surface area contributed by atoms with Gasteiger partial charge in [0.25, 0.3) is 0 Å². The maximum Gasteiger partial charge on any atom is 0.179 e. The van der Waals surface area contributed by atoms with Crippen LogP contribution in [0.2, 0.25) is 5.02 Å². The van der Waals surface area contributed by atoms with Crippen molar-refractivity contribution in [1.29, 1.82) is 0 Å². The largest absolute Gasteiger partial charge is 0.493 e. The van der Waals surface area contributed by atoms with Gasteiger partial charge in [-0.1, -0.05) is 18.5 Å². The molecule has 0 saturated heterocycles. The molecule has 0 atom stereocenters. The van der Waals surface area contributed by atoms with E-state index in [1.807, 2.05) is 13.0 Å². The monoisotopic (exact) mass is 248 g/mol. The van der Waals surface area contributed by atoms with E-state index in [4.69, 9.17) is 32.7 Å². The van der Waals surface area contributed by atoms with Crippen molar-refractivity contribution in [2.45, 2.75) is 19.2 Å². The minimum Gasteiger partial charge on any atom is -0.493 e. The van der Waals surface area contributed by atoms with E-state index in [-0.39, 0.29) is 0 Å². The van der Waals surface area contributed by atoms with E-state index in [1.165, 1.54) is 0 Å². The van der Waals surface area contributed by atoms with E-state index in [0.717, 1.165) is 12.0 Å². The number of benzene rings is 1. The van der Waals surface area contributed by atoms with Crippen LogP contribution in [-0.4, -0.2) is 13.7 Å². The van der Waals surface area contributed by atoms with E-state index in [9.17, 15) is 0 Å². The molecule has 0 N–H and O–H groups in total. The number of rotatable bonds is 5. The van der Waals surface area contributed by atoms with Crippen LogP contribution in [0.5, 0.6) is 11.5 Å². The van der Waals surface area contributed by atoms with Gasteiger partial charge in [0.2, 0.25) is 0 Å². The fourth-order valence-electron chi connectivity index (χ4n) is 1.19. The van der Waals surface area contributed by atoms with Gasteiger partial charge in [0.05, 0.1) is 18.7 Å². The summed E-state index contributed by atoms with van der Waals surface area (Å²) >= 11 is 11.8. The zero-order chi connectivity index (χ0) is 11.3. The lowest BCUT2D eigenvalue weighted by atomic mass is 10.2. The number of halogens is 2. The van der Waals surface area contributed by atoms with Gasteiger partial charge in [-0.15, -0.1) is 11.6 Å². The van der Waals surface area contributed by atoms with Gasteiger partial charge < -0.3 is 9.47 Å². The average molecular weight is 249 g/mol. The Kier molecular flexibility index (Phi) is 5.06. The number of methoxy groups -OCH3 is 1. The first-order chi connectivity index (χ1) is 7.22. The lowest BCUT2D eigenvalue weighted by Crippen LogP contribution is -1.99. The van der Waals surface area contributed by atoms with Crippen molar-refractivity contribution in [3.05, 3.63) is 22.7 Å². The summed E-state index contributed by atoms with van der Waals surface area (Å²) < 4.78 is 10.7.